The second-order valence-corrected chi connectivity index (χ2v) is 8.67. The SMILES string of the molecule is CC(C)[C@H](N)C(=O)NCC(=O)Nc1ccc(SC(C)(C)C)cc1. The predicted molar refractivity (Wildman–Crippen MR) is 96.5 cm³/mol. The largest absolute Gasteiger partial charge is 0.346 e. The highest BCUT2D eigenvalue weighted by atomic mass is 32.2. The van der Waals surface area contributed by atoms with Crippen LogP contribution in [0.5, 0.6) is 0 Å². The molecule has 1 atom stereocenters. The third-order valence-electron chi connectivity index (χ3n) is 3.01. The van der Waals surface area contributed by atoms with E-state index < -0.39 is 6.04 Å². The molecule has 0 aliphatic carbocycles. The Labute approximate surface area is 142 Å². The van der Waals surface area contributed by atoms with Gasteiger partial charge in [0.05, 0.1) is 12.6 Å². The Morgan fingerprint density at radius 1 is 1.17 bits per heavy atom. The number of hydrogen-bond donors (Lipinski definition) is 3. The van der Waals surface area contributed by atoms with Gasteiger partial charge in [0, 0.05) is 15.3 Å². The highest BCUT2D eigenvalue weighted by Gasteiger charge is 2.17. The lowest BCUT2D eigenvalue weighted by Gasteiger charge is -2.17. The van der Waals surface area contributed by atoms with E-state index in [-0.39, 0.29) is 29.0 Å². The van der Waals surface area contributed by atoms with Crippen molar-refractivity contribution >= 4 is 29.3 Å². The van der Waals surface area contributed by atoms with Crippen molar-refractivity contribution in [3.63, 3.8) is 0 Å². The van der Waals surface area contributed by atoms with Crippen LogP contribution in [0.2, 0.25) is 0 Å². The number of rotatable bonds is 6. The lowest BCUT2D eigenvalue weighted by molar-refractivity contribution is -0.125. The van der Waals surface area contributed by atoms with Crippen LogP contribution >= 0.6 is 11.8 Å². The minimum Gasteiger partial charge on any atom is -0.346 e. The summed E-state index contributed by atoms with van der Waals surface area (Å²) in [7, 11) is 0. The molecule has 0 aromatic heterocycles. The van der Waals surface area contributed by atoms with Gasteiger partial charge in [0.25, 0.3) is 0 Å². The number of carbonyl (C=O) groups is 2. The van der Waals surface area contributed by atoms with Crippen LogP contribution in [0.3, 0.4) is 0 Å². The lowest BCUT2D eigenvalue weighted by atomic mass is 10.1. The highest BCUT2D eigenvalue weighted by Crippen LogP contribution is 2.32. The van der Waals surface area contributed by atoms with E-state index in [4.69, 9.17) is 5.73 Å². The molecule has 0 unspecified atom stereocenters. The second-order valence-electron chi connectivity index (χ2n) is 6.77. The quantitative estimate of drug-likeness (QED) is 0.697. The van der Waals surface area contributed by atoms with E-state index in [9.17, 15) is 9.59 Å². The molecule has 0 saturated carbocycles. The van der Waals surface area contributed by atoms with Gasteiger partial charge < -0.3 is 16.4 Å². The lowest BCUT2D eigenvalue weighted by Crippen LogP contribution is -2.46. The molecule has 0 spiro atoms. The molecule has 1 aromatic rings. The number of carbonyl (C=O) groups excluding carboxylic acids is 2. The van der Waals surface area contributed by atoms with E-state index in [1.807, 2.05) is 38.1 Å². The van der Waals surface area contributed by atoms with Crippen LogP contribution in [0, 0.1) is 5.92 Å². The van der Waals surface area contributed by atoms with Gasteiger partial charge in [-0.1, -0.05) is 34.6 Å². The van der Waals surface area contributed by atoms with Crippen molar-refractivity contribution in [3.8, 4) is 0 Å². The van der Waals surface area contributed by atoms with Gasteiger partial charge in [-0.15, -0.1) is 11.8 Å². The van der Waals surface area contributed by atoms with Crippen molar-refractivity contribution < 1.29 is 9.59 Å². The monoisotopic (exact) mass is 337 g/mol. The Morgan fingerprint density at radius 3 is 2.22 bits per heavy atom. The molecule has 6 heteroatoms. The molecule has 0 aliphatic heterocycles. The summed E-state index contributed by atoms with van der Waals surface area (Å²) in [5.41, 5.74) is 6.42. The van der Waals surface area contributed by atoms with Crippen molar-refractivity contribution in [2.24, 2.45) is 11.7 Å². The molecule has 0 heterocycles. The zero-order chi connectivity index (χ0) is 17.6. The Hall–Kier alpha value is -1.53. The fraction of sp³-hybridized carbons (Fsp3) is 0.529. The summed E-state index contributed by atoms with van der Waals surface area (Å²) in [6.45, 7) is 10.1. The van der Waals surface area contributed by atoms with Gasteiger partial charge in [-0.25, -0.2) is 0 Å². The van der Waals surface area contributed by atoms with E-state index in [2.05, 4.69) is 31.4 Å². The molecular formula is C17H27N3O2S. The highest BCUT2D eigenvalue weighted by molar-refractivity contribution is 8.00. The Bertz CT molecular complexity index is 536. The van der Waals surface area contributed by atoms with Gasteiger partial charge in [0.1, 0.15) is 0 Å². The first-order chi connectivity index (χ1) is 10.6. The summed E-state index contributed by atoms with van der Waals surface area (Å²) >= 11 is 1.76. The third-order valence-corrected chi connectivity index (χ3v) is 4.13. The van der Waals surface area contributed by atoms with Gasteiger partial charge in [-0.2, -0.15) is 0 Å². The van der Waals surface area contributed by atoms with Crippen LogP contribution in [0.1, 0.15) is 34.6 Å². The summed E-state index contributed by atoms with van der Waals surface area (Å²) < 4.78 is 0.143. The molecule has 0 aliphatic rings. The number of hydrogen-bond acceptors (Lipinski definition) is 4. The van der Waals surface area contributed by atoms with Gasteiger partial charge >= 0.3 is 0 Å². The first-order valence-corrected chi connectivity index (χ1v) is 8.52. The van der Waals surface area contributed by atoms with Crippen molar-refractivity contribution in [2.75, 3.05) is 11.9 Å². The average Bonchev–Trinajstić information content (AvgIpc) is 2.44. The minimum atomic E-state index is -0.600. The number of anilines is 1. The third kappa shape index (κ3) is 7.52. The molecule has 0 fully saturated rings. The number of benzene rings is 1. The van der Waals surface area contributed by atoms with E-state index in [1.54, 1.807) is 11.8 Å². The number of nitrogens with two attached hydrogens (primary N) is 1. The molecule has 2 amide bonds. The maximum atomic E-state index is 11.9. The van der Waals surface area contributed by atoms with E-state index in [0.717, 1.165) is 4.90 Å². The van der Waals surface area contributed by atoms with Crippen molar-refractivity contribution in [1.29, 1.82) is 0 Å². The minimum absolute atomic E-state index is 0.0333. The second kappa shape index (κ2) is 8.36. The zero-order valence-corrected chi connectivity index (χ0v) is 15.3. The normalized spacial score (nSPS) is 12.8. The first kappa shape index (κ1) is 19.5. The summed E-state index contributed by atoms with van der Waals surface area (Å²) in [5, 5.41) is 5.30. The summed E-state index contributed by atoms with van der Waals surface area (Å²) in [6.07, 6.45) is 0. The van der Waals surface area contributed by atoms with E-state index in [0.29, 0.717) is 5.69 Å². The first-order valence-electron chi connectivity index (χ1n) is 7.71. The molecule has 1 aromatic carbocycles. The van der Waals surface area contributed by atoms with Crippen molar-refractivity contribution in [2.45, 2.75) is 50.3 Å². The Kier molecular flexibility index (Phi) is 7.09. The maximum Gasteiger partial charge on any atom is 0.243 e. The zero-order valence-electron chi connectivity index (χ0n) is 14.5. The molecule has 0 saturated heterocycles. The van der Waals surface area contributed by atoms with Crippen LogP contribution < -0.4 is 16.4 Å². The van der Waals surface area contributed by atoms with Crippen molar-refractivity contribution in [3.05, 3.63) is 24.3 Å². The van der Waals surface area contributed by atoms with Gasteiger partial charge in [0.2, 0.25) is 11.8 Å². The molecule has 0 radical (unpaired) electrons. The van der Waals surface area contributed by atoms with E-state index >= 15 is 0 Å². The van der Waals surface area contributed by atoms with Crippen LogP contribution in [0.15, 0.2) is 29.2 Å². The summed E-state index contributed by atoms with van der Waals surface area (Å²) in [4.78, 5) is 24.7. The molecule has 0 bridgehead atoms. The smallest absolute Gasteiger partial charge is 0.243 e. The van der Waals surface area contributed by atoms with Gasteiger partial charge in [0.15, 0.2) is 0 Å². The fourth-order valence-electron chi connectivity index (χ4n) is 1.75. The van der Waals surface area contributed by atoms with Gasteiger partial charge in [-0.05, 0) is 30.2 Å². The molecule has 128 valence electrons. The summed E-state index contributed by atoms with van der Waals surface area (Å²) in [6, 6.07) is 7.05. The van der Waals surface area contributed by atoms with Crippen LogP contribution in [-0.2, 0) is 9.59 Å². The van der Waals surface area contributed by atoms with Crippen LogP contribution in [-0.4, -0.2) is 29.1 Å². The molecule has 1 rings (SSSR count). The number of thioether (sulfide) groups is 1. The maximum absolute atomic E-state index is 11.9. The number of amides is 2. The van der Waals surface area contributed by atoms with Crippen LogP contribution in [0.4, 0.5) is 5.69 Å². The molecule has 5 nitrogen and oxygen atoms in total. The summed E-state index contributed by atoms with van der Waals surface area (Å²) in [5.74, 6) is -0.552. The van der Waals surface area contributed by atoms with Crippen LogP contribution in [0.25, 0.3) is 0 Å². The Morgan fingerprint density at radius 2 is 1.74 bits per heavy atom. The molecule has 23 heavy (non-hydrogen) atoms. The van der Waals surface area contributed by atoms with Crippen molar-refractivity contribution in [1.82, 2.24) is 5.32 Å². The standard InChI is InChI=1S/C17H27N3O2S/c1-11(2)15(18)16(22)19-10-14(21)20-12-6-8-13(9-7-12)23-17(3,4)5/h6-9,11,15H,10,18H2,1-5H3,(H,19,22)(H,20,21)/t15-/m0/s1. The fourth-order valence-corrected chi connectivity index (χ4v) is 2.73. The predicted octanol–water partition coefficient (Wildman–Crippen LogP) is 2.62. The Balaban J connectivity index is 2.47. The number of nitrogens with one attached hydrogen (secondary N) is 2. The molecule has 4 N–H and O–H groups in total. The van der Waals surface area contributed by atoms with E-state index in [1.165, 1.54) is 0 Å². The molecular weight excluding hydrogens is 310 g/mol. The topological polar surface area (TPSA) is 84.2 Å². The average molecular weight is 337 g/mol. The van der Waals surface area contributed by atoms with Gasteiger partial charge in [-0.3, -0.25) is 9.59 Å².